The number of allylic oxidation sites excluding steroid dienone is 2. The first-order valence-corrected chi connectivity index (χ1v) is 4.17. The molecule has 0 radical (unpaired) electrons. The van der Waals surface area contributed by atoms with Crippen molar-refractivity contribution in [2.75, 3.05) is 13.1 Å². The van der Waals surface area contributed by atoms with Gasteiger partial charge in [0.05, 0.1) is 0 Å². The molecule has 0 aromatic rings. The van der Waals surface area contributed by atoms with Gasteiger partial charge in [0.15, 0.2) is 0 Å². The van der Waals surface area contributed by atoms with Gasteiger partial charge in [-0.1, -0.05) is 12.2 Å². The summed E-state index contributed by atoms with van der Waals surface area (Å²) in [6.07, 6.45) is 5.77. The lowest BCUT2D eigenvalue weighted by Gasteiger charge is -2.12. The van der Waals surface area contributed by atoms with Crippen LogP contribution in [0.15, 0.2) is 23.3 Å². The fourth-order valence-corrected chi connectivity index (χ4v) is 2.26. The van der Waals surface area contributed by atoms with Gasteiger partial charge in [0.1, 0.15) is 0 Å². The molecule has 0 heterocycles. The smallest absolute Gasteiger partial charge is 0.0146 e. The Morgan fingerprint density at radius 3 is 1.91 bits per heavy atom. The normalized spacial score (nSPS) is 34.0. The van der Waals surface area contributed by atoms with Gasteiger partial charge >= 0.3 is 0 Å². The molecular formula is C9H14N2. The topological polar surface area (TPSA) is 52.0 Å². The Hall–Kier alpha value is -0.600. The first kappa shape index (κ1) is 7.07. The largest absolute Gasteiger partial charge is 0.327 e. The Labute approximate surface area is 66.9 Å². The van der Waals surface area contributed by atoms with Crippen molar-refractivity contribution in [2.24, 2.45) is 23.3 Å². The molecule has 0 amide bonds. The van der Waals surface area contributed by atoms with Crippen LogP contribution in [0.2, 0.25) is 0 Å². The molecule has 0 aromatic carbocycles. The average molecular weight is 150 g/mol. The average Bonchev–Trinajstić information content (AvgIpc) is 2.60. The van der Waals surface area contributed by atoms with Crippen LogP contribution >= 0.6 is 0 Å². The molecule has 0 saturated heterocycles. The predicted molar refractivity (Wildman–Crippen MR) is 45.9 cm³/mol. The summed E-state index contributed by atoms with van der Waals surface area (Å²) < 4.78 is 0. The second-order valence-corrected chi connectivity index (χ2v) is 3.29. The van der Waals surface area contributed by atoms with Gasteiger partial charge in [-0.2, -0.15) is 0 Å². The minimum absolute atomic E-state index is 0.628. The van der Waals surface area contributed by atoms with Crippen molar-refractivity contribution >= 4 is 0 Å². The third-order valence-corrected chi connectivity index (χ3v) is 2.83. The highest BCUT2D eigenvalue weighted by molar-refractivity contribution is 5.38. The van der Waals surface area contributed by atoms with Crippen LogP contribution in [0.1, 0.15) is 6.42 Å². The lowest BCUT2D eigenvalue weighted by molar-refractivity contribution is 0.693. The zero-order valence-electron chi connectivity index (χ0n) is 6.59. The zero-order chi connectivity index (χ0) is 7.84. The third-order valence-electron chi connectivity index (χ3n) is 2.83. The van der Waals surface area contributed by atoms with Gasteiger partial charge in [-0.3, -0.25) is 0 Å². The lowest BCUT2D eigenvalue weighted by atomic mass is 9.97. The second kappa shape index (κ2) is 2.47. The summed E-state index contributed by atoms with van der Waals surface area (Å²) in [6, 6.07) is 0. The molecule has 2 unspecified atom stereocenters. The fourth-order valence-electron chi connectivity index (χ4n) is 2.26. The summed E-state index contributed by atoms with van der Waals surface area (Å²) in [7, 11) is 0. The van der Waals surface area contributed by atoms with E-state index in [0.29, 0.717) is 24.9 Å². The van der Waals surface area contributed by atoms with E-state index >= 15 is 0 Å². The summed E-state index contributed by atoms with van der Waals surface area (Å²) in [5.74, 6) is 1.26. The molecule has 0 aliphatic heterocycles. The van der Waals surface area contributed by atoms with Gasteiger partial charge in [-0.05, 0) is 17.6 Å². The van der Waals surface area contributed by atoms with Crippen LogP contribution < -0.4 is 11.5 Å². The zero-order valence-corrected chi connectivity index (χ0v) is 6.59. The number of hydrogen-bond donors (Lipinski definition) is 2. The summed E-state index contributed by atoms with van der Waals surface area (Å²) in [6.45, 7) is 1.38. The summed E-state index contributed by atoms with van der Waals surface area (Å²) in [5, 5.41) is 0. The number of nitrogens with two attached hydrogens (primary N) is 2. The van der Waals surface area contributed by atoms with Crippen molar-refractivity contribution in [2.45, 2.75) is 6.42 Å². The fraction of sp³-hybridized carbons (Fsp3) is 0.556. The van der Waals surface area contributed by atoms with E-state index < -0.39 is 0 Å². The van der Waals surface area contributed by atoms with E-state index in [1.165, 1.54) is 17.6 Å². The molecule has 2 aliphatic rings. The van der Waals surface area contributed by atoms with E-state index in [0.717, 1.165) is 0 Å². The minimum atomic E-state index is 0.628. The first-order valence-electron chi connectivity index (χ1n) is 4.17. The standard InChI is InChI=1S/C9H14N2/c10-4-8-6-1-2-7(3-6)9(8)5-11/h1-2,6-7H,3-5,10-11H2. The third kappa shape index (κ3) is 0.865. The van der Waals surface area contributed by atoms with Gasteiger partial charge in [0, 0.05) is 24.9 Å². The van der Waals surface area contributed by atoms with Crippen molar-refractivity contribution in [1.29, 1.82) is 0 Å². The molecule has 2 bridgehead atoms. The highest BCUT2D eigenvalue weighted by Crippen LogP contribution is 2.42. The Morgan fingerprint density at radius 1 is 1.09 bits per heavy atom. The molecule has 2 nitrogen and oxygen atoms in total. The molecule has 0 aromatic heterocycles. The Kier molecular flexibility index (Phi) is 1.59. The van der Waals surface area contributed by atoms with E-state index in [4.69, 9.17) is 11.5 Å². The first-order chi connectivity index (χ1) is 5.36. The van der Waals surface area contributed by atoms with Crippen LogP contribution in [0, 0.1) is 11.8 Å². The summed E-state index contributed by atoms with van der Waals surface area (Å²) >= 11 is 0. The maximum atomic E-state index is 5.64. The Bertz CT molecular complexity index is 206. The van der Waals surface area contributed by atoms with E-state index in [-0.39, 0.29) is 0 Å². The Morgan fingerprint density at radius 2 is 1.55 bits per heavy atom. The molecule has 4 N–H and O–H groups in total. The van der Waals surface area contributed by atoms with Crippen molar-refractivity contribution in [3.05, 3.63) is 23.3 Å². The molecular weight excluding hydrogens is 136 g/mol. The van der Waals surface area contributed by atoms with Gasteiger partial charge in [0.2, 0.25) is 0 Å². The summed E-state index contributed by atoms with van der Waals surface area (Å²) in [5.41, 5.74) is 14.1. The summed E-state index contributed by atoms with van der Waals surface area (Å²) in [4.78, 5) is 0. The van der Waals surface area contributed by atoms with Crippen LogP contribution in [0.5, 0.6) is 0 Å². The molecule has 2 atom stereocenters. The predicted octanol–water partition coefficient (Wildman–Crippen LogP) is 0.406. The molecule has 0 saturated carbocycles. The van der Waals surface area contributed by atoms with E-state index in [1.54, 1.807) is 0 Å². The minimum Gasteiger partial charge on any atom is -0.327 e. The quantitative estimate of drug-likeness (QED) is 0.560. The lowest BCUT2D eigenvalue weighted by Crippen LogP contribution is -2.15. The molecule has 2 aliphatic carbocycles. The SMILES string of the molecule is NCC1=C(CN)C2C=CC1C2. The number of rotatable bonds is 2. The highest BCUT2D eigenvalue weighted by atomic mass is 14.6. The van der Waals surface area contributed by atoms with Crippen molar-refractivity contribution in [3.8, 4) is 0 Å². The van der Waals surface area contributed by atoms with E-state index in [2.05, 4.69) is 12.2 Å². The molecule has 0 fully saturated rings. The van der Waals surface area contributed by atoms with Gasteiger partial charge in [-0.15, -0.1) is 0 Å². The van der Waals surface area contributed by atoms with E-state index in [9.17, 15) is 0 Å². The van der Waals surface area contributed by atoms with Crippen LogP contribution in [0.25, 0.3) is 0 Å². The van der Waals surface area contributed by atoms with Crippen LogP contribution in [0.4, 0.5) is 0 Å². The maximum Gasteiger partial charge on any atom is 0.0146 e. The highest BCUT2D eigenvalue weighted by Gasteiger charge is 2.32. The van der Waals surface area contributed by atoms with E-state index in [1.807, 2.05) is 0 Å². The van der Waals surface area contributed by atoms with Gasteiger partial charge in [0.25, 0.3) is 0 Å². The van der Waals surface area contributed by atoms with Crippen molar-refractivity contribution < 1.29 is 0 Å². The molecule has 60 valence electrons. The van der Waals surface area contributed by atoms with Crippen molar-refractivity contribution in [1.82, 2.24) is 0 Å². The maximum absolute atomic E-state index is 5.64. The Balaban J connectivity index is 2.30. The van der Waals surface area contributed by atoms with Crippen molar-refractivity contribution in [3.63, 3.8) is 0 Å². The van der Waals surface area contributed by atoms with Crippen LogP contribution in [-0.4, -0.2) is 13.1 Å². The van der Waals surface area contributed by atoms with Crippen LogP contribution in [-0.2, 0) is 0 Å². The molecule has 2 heteroatoms. The molecule has 11 heavy (non-hydrogen) atoms. The van der Waals surface area contributed by atoms with Crippen LogP contribution in [0.3, 0.4) is 0 Å². The second-order valence-electron chi connectivity index (χ2n) is 3.29. The number of hydrogen-bond acceptors (Lipinski definition) is 2. The number of fused-ring (bicyclic) bond motifs is 2. The molecule has 0 spiro atoms. The molecule has 2 rings (SSSR count). The monoisotopic (exact) mass is 150 g/mol. The van der Waals surface area contributed by atoms with Gasteiger partial charge in [-0.25, -0.2) is 0 Å². The van der Waals surface area contributed by atoms with Gasteiger partial charge < -0.3 is 11.5 Å².